The van der Waals surface area contributed by atoms with E-state index < -0.39 is 0 Å². The normalized spacial score (nSPS) is 20.7. The third kappa shape index (κ3) is 2.47. The van der Waals surface area contributed by atoms with Gasteiger partial charge < -0.3 is 10.1 Å². The summed E-state index contributed by atoms with van der Waals surface area (Å²) in [7, 11) is 1.90. The number of hydrogen-bond acceptors (Lipinski definition) is 3. The topological polar surface area (TPSA) is 56.2 Å². The van der Waals surface area contributed by atoms with Gasteiger partial charge >= 0.3 is 0 Å². The molecule has 1 N–H and O–H groups in total. The molecule has 2 heterocycles. The van der Waals surface area contributed by atoms with Crippen LogP contribution in [0, 0.1) is 5.92 Å². The maximum Gasteiger partial charge on any atom is 0.224 e. The number of amides is 1. The van der Waals surface area contributed by atoms with E-state index in [0.717, 1.165) is 34.6 Å². The van der Waals surface area contributed by atoms with Crippen LogP contribution in [0.3, 0.4) is 0 Å². The molecule has 5 rings (SSSR count). The largest absolute Gasteiger partial charge is 0.457 e. The number of carbonyl (C=O) groups is 1. The summed E-state index contributed by atoms with van der Waals surface area (Å²) in [6.07, 6.45) is 4.73. The van der Waals surface area contributed by atoms with E-state index in [2.05, 4.69) is 10.4 Å². The van der Waals surface area contributed by atoms with Gasteiger partial charge in [-0.05, 0) is 30.0 Å². The molecule has 1 aromatic heterocycles. The van der Waals surface area contributed by atoms with Gasteiger partial charge in [-0.1, -0.05) is 36.4 Å². The van der Waals surface area contributed by atoms with Crippen LogP contribution in [-0.4, -0.2) is 15.7 Å². The van der Waals surface area contributed by atoms with Crippen LogP contribution in [0.2, 0.25) is 0 Å². The zero-order valence-electron chi connectivity index (χ0n) is 14.4. The molecule has 2 atom stereocenters. The van der Waals surface area contributed by atoms with Crippen molar-refractivity contribution < 1.29 is 9.53 Å². The fourth-order valence-electron chi connectivity index (χ4n) is 3.80. The van der Waals surface area contributed by atoms with Crippen molar-refractivity contribution in [2.24, 2.45) is 13.0 Å². The molecule has 5 heteroatoms. The van der Waals surface area contributed by atoms with Gasteiger partial charge in [0, 0.05) is 30.3 Å². The van der Waals surface area contributed by atoms with E-state index in [1.165, 1.54) is 0 Å². The number of fused-ring (bicyclic) bond motifs is 2. The third-order valence-corrected chi connectivity index (χ3v) is 5.25. The van der Waals surface area contributed by atoms with Gasteiger partial charge in [-0.25, -0.2) is 0 Å². The van der Waals surface area contributed by atoms with Crippen molar-refractivity contribution in [2.75, 3.05) is 0 Å². The highest BCUT2D eigenvalue weighted by atomic mass is 16.5. The van der Waals surface area contributed by atoms with Gasteiger partial charge in [-0.15, -0.1) is 0 Å². The second-order valence-electron chi connectivity index (χ2n) is 7.02. The summed E-state index contributed by atoms with van der Waals surface area (Å²) in [4.78, 5) is 12.9. The summed E-state index contributed by atoms with van der Waals surface area (Å²) in [6.45, 7) is 0. The number of rotatable bonds is 3. The van der Waals surface area contributed by atoms with E-state index in [1.54, 1.807) is 4.68 Å². The van der Waals surface area contributed by atoms with E-state index in [1.807, 2.05) is 68.0 Å². The molecule has 1 saturated carbocycles. The van der Waals surface area contributed by atoms with Crippen LogP contribution in [0.5, 0.6) is 11.5 Å². The molecule has 2 aliphatic rings. The number of nitrogens with zero attached hydrogens (tertiary/aromatic N) is 2. The Morgan fingerprint density at radius 1 is 1.12 bits per heavy atom. The maximum absolute atomic E-state index is 12.9. The highest BCUT2D eigenvalue weighted by molar-refractivity contribution is 5.84. The van der Waals surface area contributed by atoms with E-state index in [9.17, 15) is 4.79 Å². The van der Waals surface area contributed by atoms with Crippen molar-refractivity contribution >= 4 is 5.91 Å². The molecular formula is C21H19N3O2. The molecule has 0 bridgehead atoms. The number of para-hydroxylation sites is 2. The third-order valence-electron chi connectivity index (χ3n) is 5.25. The standard InChI is InChI=1S/C21H19N3O2/c1-24-12-13(11-22-24)16-10-17(16)21(25)23-20-14-6-2-4-8-18(14)26-19-9-5-3-7-15(19)20/h2-9,11-12,16-17,20H,10H2,1H3,(H,23,25)/t16-,17+/m1/s1. The number of nitrogens with one attached hydrogen (secondary N) is 1. The first kappa shape index (κ1) is 15.2. The number of carbonyl (C=O) groups excluding carboxylic acids is 1. The van der Waals surface area contributed by atoms with Crippen molar-refractivity contribution in [3.8, 4) is 11.5 Å². The highest BCUT2D eigenvalue weighted by Crippen LogP contribution is 2.49. The zero-order chi connectivity index (χ0) is 17.7. The molecule has 0 saturated heterocycles. The van der Waals surface area contributed by atoms with Crippen molar-refractivity contribution in [1.29, 1.82) is 0 Å². The van der Waals surface area contributed by atoms with Crippen molar-refractivity contribution in [3.05, 3.63) is 77.6 Å². The Kier molecular flexibility index (Phi) is 3.35. The fraction of sp³-hybridized carbons (Fsp3) is 0.238. The zero-order valence-corrected chi connectivity index (χ0v) is 14.4. The number of benzene rings is 2. The number of aromatic nitrogens is 2. The minimum absolute atomic E-state index is 0.0152. The molecule has 1 aliphatic heterocycles. The molecular weight excluding hydrogens is 326 g/mol. The monoisotopic (exact) mass is 345 g/mol. The quantitative estimate of drug-likeness (QED) is 0.790. The Morgan fingerprint density at radius 2 is 1.77 bits per heavy atom. The minimum atomic E-state index is -0.182. The molecule has 3 aromatic rings. The van der Waals surface area contributed by atoms with Gasteiger partial charge in [0.05, 0.1) is 12.2 Å². The first-order chi connectivity index (χ1) is 12.7. The Morgan fingerprint density at radius 3 is 2.38 bits per heavy atom. The molecule has 1 aliphatic carbocycles. The lowest BCUT2D eigenvalue weighted by molar-refractivity contribution is -0.122. The van der Waals surface area contributed by atoms with Crippen molar-refractivity contribution in [1.82, 2.24) is 15.1 Å². The second kappa shape index (κ2) is 5.73. The van der Waals surface area contributed by atoms with Crippen molar-refractivity contribution in [2.45, 2.75) is 18.4 Å². The summed E-state index contributed by atoms with van der Waals surface area (Å²) in [5.41, 5.74) is 3.14. The Balaban J connectivity index is 1.41. The molecule has 26 heavy (non-hydrogen) atoms. The predicted octanol–water partition coefficient (Wildman–Crippen LogP) is 3.54. The number of hydrogen-bond donors (Lipinski definition) is 1. The number of ether oxygens (including phenoxy) is 1. The van der Waals surface area contributed by atoms with E-state index >= 15 is 0 Å². The smallest absolute Gasteiger partial charge is 0.224 e. The molecule has 130 valence electrons. The lowest BCUT2D eigenvalue weighted by Crippen LogP contribution is -2.32. The Labute approximate surface area is 151 Å². The van der Waals surface area contributed by atoms with Gasteiger partial charge in [-0.3, -0.25) is 9.48 Å². The van der Waals surface area contributed by atoms with Crippen LogP contribution in [0.1, 0.15) is 35.1 Å². The Bertz CT molecular complexity index is 949. The van der Waals surface area contributed by atoms with Crippen LogP contribution in [0.25, 0.3) is 0 Å². The predicted molar refractivity (Wildman–Crippen MR) is 97.0 cm³/mol. The van der Waals surface area contributed by atoms with Crippen molar-refractivity contribution in [3.63, 3.8) is 0 Å². The molecule has 0 radical (unpaired) electrons. The SMILES string of the molecule is Cn1cc([C@H]2C[C@@H]2C(=O)NC2c3ccccc3Oc3ccccc32)cn1. The van der Waals surface area contributed by atoms with Gasteiger partial charge in [0.15, 0.2) is 0 Å². The molecule has 0 spiro atoms. The van der Waals surface area contributed by atoms with Crippen LogP contribution in [0.15, 0.2) is 60.9 Å². The van der Waals surface area contributed by atoms with E-state index in [-0.39, 0.29) is 23.8 Å². The lowest BCUT2D eigenvalue weighted by atomic mass is 9.94. The summed E-state index contributed by atoms with van der Waals surface area (Å²) in [5.74, 6) is 1.98. The Hall–Kier alpha value is -3.08. The van der Waals surface area contributed by atoms with Crippen LogP contribution >= 0.6 is 0 Å². The summed E-state index contributed by atoms with van der Waals surface area (Å²) in [5, 5.41) is 7.47. The summed E-state index contributed by atoms with van der Waals surface area (Å²) >= 11 is 0. The van der Waals surface area contributed by atoms with Crippen LogP contribution in [0.4, 0.5) is 0 Å². The lowest BCUT2D eigenvalue weighted by Gasteiger charge is -2.28. The molecule has 5 nitrogen and oxygen atoms in total. The maximum atomic E-state index is 12.9. The molecule has 1 amide bonds. The van der Waals surface area contributed by atoms with Gasteiger partial charge in [0.25, 0.3) is 0 Å². The first-order valence-corrected chi connectivity index (χ1v) is 8.85. The molecule has 2 aromatic carbocycles. The van der Waals surface area contributed by atoms with Crippen LogP contribution < -0.4 is 10.1 Å². The molecule has 0 unspecified atom stereocenters. The van der Waals surface area contributed by atoms with E-state index in [0.29, 0.717) is 0 Å². The van der Waals surface area contributed by atoms with Gasteiger partial charge in [-0.2, -0.15) is 5.10 Å². The molecule has 1 fully saturated rings. The summed E-state index contributed by atoms with van der Waals surface area (Å²) in [6, 6.07) is 15.6. The van der Waals surface area contributed by atoms with Gasteiger partial charge in [0.2, 0.25) is 5.91 Å². The van der Waals surface area contributed by atoms with Gasteiger partial charge in [0.1, 0.15) is 11.5 Å². The highest BCUT2D eigenvalue weighted by Gasteiger charge is 2.45. The average Bonchev–Trinajstić information content (AvgIpc) is 3.35. The van der Waals surface area contributed by atoms with E-state index in [4.69, 9.17) is 4.74 Å². The summed E-state index contributed by atoms with van der Waals surface area (Å²) < 4.78 is 7.78. The minimum Gasteiger partial charge on any atom is -0.457 e. The average molecular weight is 345 g/mol. The fourth-order valence-corrected chi connectivity index (χ4v) is 3.80. The number of aryl methyl sites for hydroxylation is 1. The van der Waals surface area contributed by atoms with Crippen LogP contribution in [-0.2, 0) is 11.8 Å². The second-order valence-corrected chi connectivity index (χ2v) is 7.02. The first-order valence-electron chi connectivity index (χ1n) is 8.85.